The highest BCUT2D eigenvalue weighted by atomic mass is 32.2. The van der Waals surface area contributed by atoms with Crippen LogP contribution in [0.5, 0.6) is 0 Å². The molecule has 168 valence electrons. The van der Waals surface area contributed by atoms with Gasteiger partial charge in [-0.05, 0) is 37.1 Å². The Kier molecular flexibility index (Phi) is 6.83. The number of carbonyl (C=O) groups is 1. The van der Waals surface area contributed by atoms with E-state index in [1.54, 1.807) is 0 Å². The molecular weight excluding hydrogens is 437 g/mol. The van der Waals surface area contributed by atoms with Gasteiger partial charge in [-0.2, -0.15) is 13.2 Å². The molecule has 1 amide bonds. The molecule has 3 aromatic rings. The van der Waals surface area contributed by atoms with Gasteiger partial charge in [0.25, 0.3) is 0 Å². The monoisotopic (exact) mass is 460 g/mol. The summed E-state index contributed by atoms with van der Waals surface area (Å²) < 4.78 is 41.5. The maximum atomic E-state index is 13.2. The van der Waals surface area contributed by atoms with Crippen LogP contribution >= 0.6 is 11.8 Å². The van der Waals surface area contributed by atoms with Gasteiger partial charge in [0.15, 0.2) is 5.16 Å². The predicted molar refractivity (Wildman–Crippen MR) is 118 cm³/mol. The molecule has 1 heterocycles. The van der Waals surface area contributed by atoms with E-state index in [0.717, 1.165) is 55.0 Å². The van der Waals surface area contributed by atoms with E-state index < -0.39 is 17.6 Å². The molecule has 0 spiro atoms. The van der Waals surface area contributed by atoms with Gasteiger partial charge in [0.2, 0.25) is 5.91 Å². The molecule has 0 saturated heterocycles. The number of para-hydroxylation sites is 2. The molecule has 0 unspecified atom stereocenters. The van der Waals surface area contributed by atoms with E-state index in [9.17, 15) is 18.0 Å². The summed E-state index contributed by atoms with van der Waals surface area (Å²) in [6, 6.07) is 14.6. The summed E-state index contributed by atoms with van der Waals surface area (Å²) in [6.45, 7) is 0. The average molecular weight is 461 g/mol. The fraction of sp³-hybridized carbons (Fsp3) is 0.348. The van der Waals surface area contributed by atoms with Crippen LogP contribution in [0.25, 0.3) is 5.69 Å². The highest BCUT2D eigenvalue weighted by Crippen LogP contribution is 2.36. The second-order valence-electron chi connectivity index (χ2n) is 7.73. The summed E-state index contributed by atoms with van der Waals surface area (Å²) in [6.07, 6.45) is 1.07. The highest BCUT2D eigenvalue weighted by Gasteiger charge is 2.33. The Hall–Kier alpha value is -2.81. The molecule has 0 atom stereocenters. The van der Waals surface area contributed by atoms with E-state index >= 15 is 0 Å². The molecular formula is C23H23F3N4OS. The summed E-state index contributed by atoms with van der Waals surface area (Å²) in [5.41, 5.74) is -0.216. The number of aromatic nitrogens is 3. The Balaban J connectivity index is 1.53. The van der Waals surface area contributed by atoms with Crippen molar-refractivity contribution in [1.29, 1.82) is 0 Å². The van der Waals surface area contributed by atoms with Crippen molar-refractivity contribution in [2.24, 2.45) is 0 Å². The van der Waals surface area contributed by atoms with Crippen molar-refractivity contribution < 1.29 is 18.0 Å². The van der Waals surface area contributed by atoms with E-state index in [1.807, 2.05) is 34.9 Å². The SMILES string of the molecule is O=C(CSc1nnc(C2CCCCC2)n1-c1ccccc1)Nc1ccccc1C(F)(F)F. The van der Waals surface area contributed by atoms with Crippen LogP contribution in [0.2, 0.25) is 0 Å². The zero-order valence-electron chi connectivity index (χ0n) is 17.3. The van der Waals surface area contributed by atoms with Gasteiger partial charge >= 0.3 is 6.18 Å². The molecule has 0 aliphatic heterocycles. The zero-order chi connectivity index (χ0) is 22.6. The number of anilines is 1. The largest absolute Gasteiger partial charge is 0.418 e. The van der Waals surface area contributed by atoms with Crippen LogP contribution in [0.3, 0.4) is 0 Å². The van der Waals surface area contributed by atoms with Crippen molar-refractivity contribution in [3.8, 4) is 5.69 Å². The second kappa shape index (κ2) is 9.77. The lowest BCUT2D eigenvalue weighted by molar-refractivity contribution is -0.137. The molecule has 1 aliphatic carbocycles. The molecule has 2 aromatic carbocycles. The van der Waals surface area contributed by atoms with E-state index in [1.165, 1.54) is 24.6 Å². The maximum Gasteiger partial charge on any atom is 0.418 e. The summed E-state index contributed by atoms with van der Waals surface area (Å²) in [5.74, 6) is 0.565. The van der Waals surface area contributed by atoms with Gasteiger partial charge < -0.3 is 5.32 Å². The number of nitrogens with one attached hydrogen (secondary N) is 1. The lowest BCUT2D eigenvalue weighted by Gasteiger charge is -2.22. The summed E-state index contributed by atoms with van der Waals surface area (Å²) in [7, 11) is 0. The van der Waals surface area contributed by atoms with E-state index in [-0.39, 0.29) is 11.4 Å². The fourth-order valence-corrected chi connectivity index (χ4v) is 4.73. The average Bonchev–Trinajstić information content (AvgIpc) is 3.22. The van der Waals surface area contributed by atoms with Crippen molar-refractivity contribution >= 4 is 23.4 Å². The van der Waals surface area contributed by atoms with Crippen molar-refractivity contribution in [2.45, 2.75) is 49.4 Å². The van der Waals surface area contributed by atoms with Gasteiger partial charge in [-0.15, -0.1) is 10.2 Å². The number of rotatable bonds is 6. The lowest BCUT2D eigenvalue weighted by Crippen LogP contribution is -2.18. The van der Waals surface area contributed by atoms with Gasteiger partial charge in [0.05, 0.1) is 17.0 Å². The Morgan fingerprint density at radius 3 is 2.41 bits per heavy atom. The number of carbonyl (C=O) groups excluding carboxylic acids is 1. The highest BCUT2D eigenvalue weighted by molar-refractivity contribution is 7.99. The van der Waals surface area contributed by atoms with Crippen molar-refractivity contribution in [2.75, 3.05) is 11.1 Å². The van der Waals surface area contributed by atoms with E-state index in [0.29, 0.717) is 11.1 Å². The number of halogens is 3. The minimum absolute atomic E-state index is 0.0815. The standard InChI is InChI=1S/C23H23F3N4OS/c24-23(25,26)18-13-7-8-14-19(18)27-20(31)15-32-22-29-28-21(16-9-3-1-4-10-16)30(22)17-11-5-2-6-12-17/h2,5-8,11-14,16H,1,3-4,9-10,15H2,(H,27,31). The minimum Gasteiger partial charge on any atom is -0.325 e. The number of benzene rings is 2. The number of hydrogen-bond acceptors (Lipinski definition) is 4. The molecule has 5 nitrogen and oxygen atoms in total. The molecule has 0 bridgehead atoms. The van der Waals surface area contributed by atoms with Crippen LogP contribution < -0.4 is 5.32 Å². The van der Waals surface area contributed by atoms with Crippen molar-refractivity contribution in [3.63, 3.8) is 0 Å². The van der Waals surface area contributed by atoms with Crippen LogP contribution in [0.4, 0.5) is 18.9 Å². The first kappa shape index (κ1) is 22.4. The van der Waals surface area contributed by atoms with Crippen LogP contribution in [0, 0.1) is 0 Å². The number of hydrogen-bond donors (Lipinski definition) is 1. The first-order chi connectivity index (χ1) is 15.4. The number of thioether (sulfide) groups is 1. The predicted octanol–water partition coefficient (Wildman–Crippen LogP) is 6.06. The van der Waals surface area contributed by atoms with Gasteiger partial charge in [-0.25, -0.2) is 0 Å². The molecule has 1 N–H and O–H groups in total. The Labute approximate surface area is 188 Å². The molecule has 1 aromatic heterocycles. The summed E-state index contributed by atoms with van der Waals surface area (Å²) in [5, 5.41) is 11.7. The molecule has 1 aliphatic rings. The summed E-state index contributed by atoms with van der Waals surface area (Å²) in [4.78, 5) is 12.5. The van der Waals surface area contributed by atoms with E-state index in [2.05, 4.69) is 15.5 Å². The van der Waals surface area contributed by atoms with Gasteiger partial charge in [-0.3, -0.25) is 9.36 Å². The smallest absolute Gasteiger partial charge is 0.325 e. The number of alkyl halides is 3. The Bertz CT molecular complexity index is 1060. The van der Waals surface area contributed by atoms with Crippen LogP contribution in [-0.2, 0) is 11.0 Å². The van der Waals surface area contributed by atoms with Gasteiger partial charge in [0.1, 0.15) is 5.82 Å². The maximum absolute atomic E-state index is 13.2. The van der Waals surface area contributed by atoms with E-state index in [4.69, 9.17) is 0 Å². The summed E-state index contributed by atoms with van der Waals surface area (Å²) >= 11 is 1.16. The number of amides is 1. The second-order valence-corrected chi connectivity index (χ2v) is 8.67. The van der Waals surface area contributed by atoms with Crippen molar-refractivity contribution in [1.82, 2.24) is 14.8 Å². The zero-order valence-corrected chi connectivity index (χ0v) is 18.1. The number of nitrogens with zero attached hydrogens (tertiary/aromatic N) is 3. The molecule has 1 fully saturated rings. The lowest BCUT2D eigenvalue weighted by atomic mass is 9.88. The fourth-order valence-electron chi connectivity index (χ4n) is 3.98. The van der Waals surface area contributed by atoms with Gasteiger partial charge in [-0.1, -0.05) is 61.4 Å². The normalized spacial score (nSPS) is 15.0. The third-order valence-electron chi connectivity index (χ3n) is 5.48. The molecule has 0 radical (unpaired) electrons. The third-order valence-corrected chi connectivity index (χ3v) is 6.41. The van der Waals surface area contributed by atoms with Crippen LogP contribution in [0.15, 0.2) is 59.8 Å². The first-order valence-electron chi connectivity index (χ1n) is 10.5. The van der Waals surface area contributed by atoms with Crippen molar-refractivity contribution in [3.05, 3.63) is 66.0 Å². The van der Waals surface area contributed by atoms with Gasteiger partial charge in [0, 0.05) is 11.6 Å². The quantitative estimate of drug-likeness (QED) is 0.454. The third kappa shape index (κ3) is 5.15. The first-order valence-corrected chi connectivity index (χ1v) is 11.5. The Morgan fingerprint density at radius 2 is 1.69 bits per heavy atom. The molecule has 1 saturated carbocycles. The Morgan fingerprint density at radius 1 is 1.00 bits per heavy atom. The minimum atomic E-state index is -4.54. The molecule has 9 heteroatoms. The molecule has 32 heavy (non-hydrogen) atoms. The van der Waals surface area contributed by atoms with Crippen LogP contribution in [0.1, 0.15) is 49.4 Å². The topological polar surface area (TPSA) is 59.8 Å². The molecule has 4 rings (SSSR count). The van der Waals surface area contributed by atoms with Crippen LogP contribution in [-0.4, -0.2) is 26.4 Å².